The van der Waals surface area contributed by atoms with E-state index in [2.05, 4.69) is 81.4 Å². The Morgan fingerprint density at radius 1 is 0.688 bits per heavy atom. The van der Waals surface area contributed by atoms with Gasteiger partial charge in [0.15, 0.2) is 0 Å². The molecular formula is C41H42O5SeSi. The molecule has 48 heavy (non-hydrogen) atoms. The van der Waals surface area contributed by atoms with Crippen molar-refractivity contribution in [3.63, 3.8) is 0 Å². The van der Waals surface area contributed by atoms with Gasteiger partial charge >= 0.3 is 293 Å². The van der Waals surface area contributed by atoms with Crippen LogP contribution < -0.4 is 14.8 Å². The third-order valence-electron chi connectivity index (χ3n) is 8.68. The van der Waals surface area contributed by atoms with E-state index in [1.807, 2.05) is 78.9 Å². The van der Waals surface area contributed by atoms with Gasteiger partial charge in [-0.05, 0) is 0 Å². The fourth-order valence-corrected chi connectivity index (χ4v) is 13.3. The molecule has 6 rings (SSSR count). The second kappa shape index (κ2) is 15.6. The van der Waals surface area contributed by atoms with Gasteiger partial charge in [-0.2, -0.15) is 0 Å². The van der Waals surface area contributed by atoms with E-state index >= 15 is 0 Å². The summed E-state index contributed by atoms with van der Waals surface area (Å²) in [6, 6.07) is 50.7. The molecule has 0 spiro atoms. The molecule has 1 aliphatic heterocycles. The number of ether oxygens (including phenoxy) is 3. The molecule has 0 aromatic heterocycles. The van der Waals surface area contributed by atoms with Gasteiger partial charge in [-0.3, -0.25) is 0 Å². The first kappa shape index (κ1) is 34.1. The van der Waals surface area contributed by atoms with E-state index in [0.29, 0.717) is 12.2 Å². The molecule has 0 aliphatic carbocycles. The summed E-state index contributed by atoms with van der Waals surface area (Å²) in [5.41, 5.74) is 1.53. The summed E-state index contributed by atoms with van der Waals surface area (Å²) in [5.74, 6) is -0.389. The topological polar surface area (TPSA) is 54.0 Å². The Bertz CT molecular complexity index is 1680. The van der Waals surface area contributed by atoms with Crippen molar-refractivity contribution in [2.24, 2.45) is 0 Å². The molecular weight excluding hydrogens is 679 g/mol. The molecule has 7 heteroatoms. The Morgan fingerprint density at radius 2 is 1.19 bits per heavy atom. The van der Waals surface area contributed by atoms with Crippen LogP contribution in [-0.4, -0.2) is 59.2 Å². The Hall–Kier alpha value is -3.81. The number of hydrogen-bond acceptors (Lipinski definition) is 5. The maximum atomic E-state index is 13.6. The number of rotatable bonds is 12. The van der Waals surface area contributed by atoms with Crippen LogP contribution in [-0.2, 0) is 25.2 Å². The van der Waals surface area contributed by atoms with Gasteiger partial charge in [-0.1, -0.05) is 0 Å². The van der Waals surface area contributed by atoms with Crippen molar-refractivity contribution in [2.75, 3.05) is 6.61 Å². The Balaban J connectivity index is 1.37. The number of esters is 1. The van der Waals surface area contributed by atoms with Gasteiger partial charge in [0, 0.05) is 0 Å². The van der Waals surface area contributed by atoms with Crippen molar-refractivity contribution < 1.29 is 23.4 Å². The first-order valence-electron chi connectivity index (χ1n) is 16.4. The van der Waals surface area contributed by atoms with Crippen LogP contribution in [0.4, 0.5) is 0 Å². The molecule has 0 amide bonds. The molecule has 1 aliphatic rings. The zero-order valence-electron chi connectivity index (χ0n) is 27.6. The number of carbonyl (C=O) groups excluding carboxylic acids is 1. The van der Waals surface area contributed by atoms with Gasteiger partial charge in [0.25, 0.3) is 0 Å². The third kappa shape index (κ3) is 7.73. The summed E-state index contributed by atoms with van der Waals surface area (Å²) >= 11 is -0.163. The summed E-state index contributed by atoms with van der Waals surface area (Å²) in [7, 11) is -2.87. The molecule has 0 unspecified atom stereocenters. The fourth-order valence-electron chi connectivity index (χ4n) is 6.38. The van der Waals surface area contributed by atoms with Crippen LogP contribution in [0.2, 0.25) is 5.04 Å². The second-order valence-electron chi connectivity index (χ2n) is 12.9. The average Bonchev–Trinajstić information content (AvgIpc) is 3.43. The van der Waals surface area contributed by atoms with Crippen molar-refractivity contribution in [1.82, 2.24) is 0 Å². The van der Waals surface area contributed by atoms with Crippen LogP contribution in [0.1, 0.15) is 36.7 Å². The van der Waals surface area contributed by atoms with Crippen LogP contribution in [0.25, 0.3) is 0 Å². The molecule has 246 valence electrons. The molecule has 4 atom stereocenters. The van der Waals surface area contributed by atoms with Crippen molar-refractivity contribution in [1.29, 1.82) is 0 Å². The Morgan fingerprint density at radius 3 is 1.73 bits per heavy atom. The first-order valence-corrected chi connectivity index (χ1v) is 20.1. The summed E-state index contributed by atoms with van der Waals surface area (Å²) in [4.78, 5) is 13.6. The monoisotopic (exact) mass is 722 g/mol. The van der Waals surface area contributed by atoms with Crippen molar-refractivity contribution in [3.8, 4) is 0 Å². The van der Waals surface area contributed by atoms with E-state index in [1.54, 1.807) is 12.1 Å². The molecule has 0 bridgehead atoms. The molecule has 1 saturated heterocycles. The quantitative estimate of drug-likeness (QED) is 0.115. The van der Waals surface area contributed by atoms with E-state index in [0.717, 1.165) is 10.0 Å². The van der Waals surface area contributed by atoms with Crippen molar-refractivity contribution in [2.45, 2.75) is 55.7 Å². The van der Waals surface area contributed by atoms with Crippen LogP contribution in [0.15, 0.2) is 152 Å². The molecule has 0 N–H and O–H groups in total. The van der Waals surface area contributed by atoms with E-state index in [1.165, 1.54) is 10.4 Å². The Kier molecular flexibility index (Phi) is 11.1. The maximum absolute atomic E-state index is 13.6. The molecule has 0 radical (unpaired) electrons. The molecule has 5 aromatic rings. The van der Waals surface area contributed by atoms with Crippen molar-refractivity contribution >= 4 is 44.1 Å². The molecule has 0 saturated carbocycles. The van der Waals surface area contributed by atoms with Crippen LogP contribution in [0.5, 0.6) is 0 Å². The van der Waals surface area contributed by atoms with Crippen LogP contribution in [0, 0.1) is 0 Å². The molecule has 5 nitrogen and oxygen atoms in total. The fraction of sp³-hybridized carbons (Fsp3) is 0.244. The van der Waals surface area contributed by atoms with Gasteiger partial charge < -0.3 is 0 Å². The van der Waals surface area contributed by atoms with Gasteiger partial charge in [0.05, 0.1) is 0 Å². The van der Waals surface area contributed by atoms with E-state index in [9.17, 15) is 4.79 Å². The number of hydrogen-bond donors (Lipinski definition) is 0. The molecule has 1 heterocycles. The van der Waals surface area contributed by atoms with Gasteiger partial charge in [0.2, 0.25) is 0 Å². The van der Waals surface area contributed by atoms with Gasteiger partial charge in [-0.25, -0.2) is 0 Å². The average molecular weight is 722 g/mol. The summed E-state index contributed by atoms with van der Waals surface area (Å²) in [6.07, 6.45) is -1.65. The van der Waals surface area contributed by atoms with E-state index in [-0.39, 0.29) is 37.6 Å². The van der Waals surface area contributed by atoms with E-state index in [4.69, 9.17) is 18.6 Å². The Labute approximate surface area is 291 Å². The molecule has 5 aromatic carbocycles. The third-order valence-corrected chi connectivity index (χ3v) is 16.1. The van der Waals surface area contributed by atoms with Crippen LogP contribution >= 0.6 is 0 Å². The summed E-state index contributed by atoms with van der Waals surface area (Å²) in [5, 5.41) is 1.81. The number of carbonyl (C=O) groups is 1. The standard InChI is InChI=1S/C41H42O5SeSi/c1-41(2,3)48(34-25-15-7-16-26-34,35-27-17-8-18-28-35)44-30-36-37(43-29-31-19-9-4-10-20-31)38(46-39(42)32-21-11-5-12-22-32)40(45-36)47-33-23-13-6-14-24-33/h4-28,36-38,40H,29-30H2,1-3H3/t36-,37-,38+,40-/m1/s1. The molecule has 1 fully saturated rings. The predicted molar refractivity (Wildman–Crippen MR) is 195 cm³/mol. The summed E-state index contributed by atoms with van der Waals surface area (Å²) < 4.78 is 28.5. The normalized spacial score (nSPS) is 19.6. The first-order chi connectivity index (χ1) is 23.3. The van der Waals surface area contributed by atoms with Crippen molar-refractivity contribution in [3.05, 3.63) is 163 Å². The number of benzene rings is 5. The zero-order chi connectivity index (χ0) is 33.4. The zero-order valence-corrected chi connectivity index (χ0v) is 30.3. The minimum atomic E-state index is -2.87. The predicted octanol–water partition coefficient (Wildman–Crippen LogP) is 6.13. The second-order valence-corrected chi connectivity index (χ2v) is 19.7. The summed E-state index contributed by atoms with van der Waals surface area (Å²) in [6.45, 7) is 7.44. The minimum absolute atomic E-state index is 0.163. The van der Waals surface area contributed by atoms with Gasteiger partial charge in [-0.15, -0.1) is 0 Å². The van der Waals surface area contributed by atoms with E-state index < -0.39 is 26.6 Å². The van der Waals surface area contributed by atoms with Gasteiger partial charge in [0.1, 0.15) is 0 Å². The van der Waals surface area contributed by atoms with Crippen LogP contribution in [0.3, 0.4) is 0 Å². The SMILES string of the molecule is CC(C)(C)[Si](OC[C@H]1O[C@H]([Se]c2ccccc2)[C@@H](OC(=O)c2ccccc2)[C@@H]1OCc1ccccc1)(c1ccccc1)c1ccccc1.